The van der Waals surface area contributed by atoms with Gasteiger partial charge in [0.1, 0.15) is 6.04 Å². The summed E-state index contributed by atoms with van der Waals surface area (Å²) in [7, 11) is -3.87. The van der Waals surface area contributed by atoms with E-state index in [-0.39, 0.29) is 23.7 Å². The maximum Gasteiger partial charge on any atom is 0.320 e. The molecular weight excluding hydrogens is 350 g/mol. The highest BCUT2D eigenvalue weighted by atomic mass is 32.2. The van der Waals surface area contributed by atoms with Gasteiger partial charge in [0.2, 0.25) is 10.0 Å². The van der Waals surface area contributed by atoms with Crippen LogP contribution in [0, 0.1) is 17.0 Å². The first-order chi connectivity index (χ1) is 11.7. The Labute approximate surface area is 146 Å². The molecule has 1 atom stereocenters. The number of rotatable bonds is 6. The lowest BCUT2D eigenvalue weighted by Gasteiger charge is -2.36. The molecule has 9 nitrogen and oxygen atoms in total. The van der Waals surface area contributed by atoms with Crippen LogP contribution in [0.5, 0.6) is 0 Å². The van der Waals surface area contributed by atoms with E-state index in [0.29, 0.717) is 25.1 Å². The van der Waals surface area contributed by atoms with Gasteiger partial charge in [0.15, 0.2) is 0 Å². The Hall–Kier alpha value is -2.04. The zero-order valence-electron chi connectivity index (χ0n) is 14.1. The molecule has 1 fully saturated rings. The summed E-state index contributed by atoms with van der Waals surface area (Å²) in [6, 6.07) is 3.12. The first kappa shape index (κ1) is 19.3. The van der Waals surface area contributed by atoms with Crippen LogP contribution in [0.15, 0.2) is 23.1 Å². The number of benzene rings is 1. The van der Waals surface area contributed by atoms with Gasteiger partial charge in [0.25, 0.3) is 5.69 Å². The number of carbonyl (C=O) groups is 1. The van der Waals surface area contributed by atoms with Crippen molar-refractivity contribution in [3.8, 4) is 0 Å². The summed E-state index contributed by atoms with van der Waals surface area (Å²) in [6.45, 7) is 4.26. The Balaban J connectivity index is 2.21. The van der Waals surface area contributed by atoms with Crippen molar-refractivity contribution in [1.82, 2.24) is 9.21 Å². The van der Waals surface area contributed by atoms with Crippen molar-refractivity contribution in [2.24, 2.45) is 0 Å². The molecule has 0 amide bonds. The van der Waals surface area contributed by atoms with Crippen molar-refractivity contribution in [2.45, 2.75) is 31.2 Å². The molecule has 1 aliphatic rings. The molecule has 0 spiro atoms. The zero-order valence-corrected chi connectivity index (χ0v) is 14.9. The first-order valence-electron chi connectivity index (χ1n) is 7.90. The average Bonchev–Trinajstić information content (AvgIpc) is 2.55. The fourth-order valence-electron chi connectivity index (χ4n) is 2.96. The normalized spacial score (nSPS) is 18.0. The summed E-state index contributed by atoms with van der Waals surface area (Å²) in [4.78, 5) is 23.2. The van der Waals surface area contributed by atoms with E-state index in [0.717, 1.165) is 6.07 Å². The van der Waals surface area contributed by atoms with E-state index in [9.17, 15) is 28.4 Å². The van der Waals surface area contributed by atoms with Crippen molar-refractivity contribution in [3.05, 3.63) is 33.9 Å². The van der Waals surface area contributed by atoms with E-state index in [1.165, 1.54) is 16.4 Å². The topological polar surface area (TPSA) is 121 Å². The number of aryl methyl sites for hydroxylation is 1. The number of sulfonamides is 1. The molecule has 1 unspecified atom stereocenters. The minimum atomic E-state index is -3.87. The predicted octanol–water partition coefficient (Wildman–Crippen LogP) is 1.07. The Morgan fingerprint density at radius 3 is 2.40 bits per heavy atom. The van der Waals surface area contributed by atoms with Crippen LogP contribution in [-0.2, 0) is 14.8 Å². The highest BCUT2D eigenvalue weighted by Gasteiger charge is 2.34. The molecule has 0 aliphatic carbocycles. The molecule has 0 radical (unpaired) electrons. The van der Waals surface area contributed by atoms with Gasteiger partial charge < -0.3 is 5.11 Å². The highest BCUT2D eigenvalue weighted by molar-refractivity contribution is 7.89. The standard InChI is InChI=1S/C15H21N3O6S/c1-3-13(15(19)20)16-6-8-17(9-7-16)25(23,24)14-10-12(18(21)22)5-4-11(14)2/h4-5,10,13H,3,6-9H2,1-2H3,(H,19,20). The van der Waals surface area contributed by atoms with Gasteiger partial charge in [0, 0.05) is 38.3 Å². The van der Waals surface area contributed by atoms with Crippen LogP contribution in [0.1, 0.15) is 18.9 Å². The van der Waals surface area contributed by atoms with Gasteiger partial charge in [-0.3, -0.25) is 19.8 Å². The Bertz CT molecular complexity index is 771. The van der Waals surface area contributed by atoms with Gasteiger partial charge in [-0.1, -0.05) is 13.0 Å². The van der Waals surface area contributed by atoms with Crippen LogP contribution >= 0.6 is 0 Å². The summed E-state index contributed by atoms with van der Waals surface area (Å²) in [5, 5.41) is 20.1. The Morgan fingerprint density at radius 1 is 1.32 bits per heavy atom. The second-order valence-corrected chi connectivity index (χ2v) is 7.82. The van der Waals surface area contributed by atoms with E-state index in [1.54, 1.807) is 18.7 Å². The molecule has 1 aromatic rings. The summed E-state index contributed by atoms with van der Waals surface area (Å²) in [5.41, 5.74) is 0.157. The lowest BCUT2D eigenvalue weighted by Crippen LogP contribution is -2.53. The van der Waals surface area contributed by atoms with Gasteiger partial charge in [-0.05, 0) is 18.9 Å². The second kappa shape index (κ2) is 7.46. The van der Waals surface area contributed by atoms with Gasteiger partial charge in [0.05, 0.1) is 9.82 Å². The van der Waals surface area contributed by atoms with E-state index in [1.807, 2.05) is 0 Å². The maximum absolute atomic E-state index is 12.8. The molecule has 25 heavy (non-hydrogen) atoms. The molecule has 138 valence electrons. The molecular formula is C15H21N3O6S. The fourth-order valence-corrected chi connectivity index (χ4v) is 4.63. The molecule has 1 aromatic carbocycles. The summed E-state index contributed by atoms with van der Waals surface area (Å²) >= 11 is 0. The Kier molecular flexibility index (Phi) is 5.76. The SMILES string of the molecule is CCC(C(=O)O)N1CCN(S(=O)(=O)c2cc([N+](=O)[O-])ccc2C)CC1. The number of nitrogens with zero attached hydrogens (tertiary/aromatic N) is 3. The number of aliphatic carboxylic acids is 1. The van der Waals surface area contributed by atoms with E-state index in [4.69, 9.17) is 0 Å². The van der Waals surface area contributed by atoms with Crippen LogP contribution in [0.2, 0.25) is 0 Å². The number of carboxylic acids is 1. The second-order valence-electron chi connectivity index (χ2n) is 5.91. The third kappa shape index (κ3) is 3.97. The quantitative estimate of drug-likeness (QED) is 0.586. The lowest BCUT2D eigenvalue weighted by molar-refractivity contribution is -0.385. The molecule has 1 aliphatic heterocycles. The smallest absolute Gasteiger partial charge is 0.320 e. The minimum Gasteiger partial charge on any atom is -0.480 e. The predicted molar refractivity (Wildman–Crippen MR) is 89.9 cm³/mol. The molecule has 10 heteroatoms. The van der Waals surface area contributed by atoms with Crippen LogP contribution in [0.4, 0.5) is 5.69 Å². The number of hydrogen-bond acceptors (Lipinski definition) is 6. The number of nitro benzene ring substituents is 1. The summed E-state index contributed by atoms with van der Waals surface area (Å²) < 4.78 is 26.9. The third-order valence-corrected chi connectivity index (χ3v) is 6.43. The van der Waals surface area contributed by atoms with Crippen molar-refractivity contribution in [1.29, 1.82) is 0 Å². The van der Waals surface area contributed by atoms with Crippen LogP contribution in [0.25, 0.3) is 0 Å². The number of non-ortho nitro benzene ring substituents is 1. The first-order valence-corrected chi connectivity index (χ1v) is 9.34. The van der Waals surface area contributed by atoms with Crippen LogP contribution in [0.3, 0.4) is 0 Å². The molecule has 0 saturated carbocycles. The van der Waals surface area contributed by atoms with Crippen molar-refractivity contribution in [2.75, 3.05) is 26.2 Å². The largest absolute Gasteiger partial charge is 0.480 e. The maximum atomic E-state index is 12.8. The molecule has 1 heterocycles. The van der Waals surface area contributed by atoms with Crippen LogP contribution < -0.4 is 0 Å². The van der Waals surface area contributed by atoms with Gasteiger partial charge in [-0.15, -0.1) is 0 Å². The molecule has 0 aromatic heterocycles. The number of nitro groups is 1. The van der Waals surface area contributed by atoms with Crippen molar-refractivity contribution >= 4 is 21.7 Å². The zero-order chi connectivity index (χ0) is 18.8. The molecule has 2 rings (SSSR count). The lowest BCUT2D eigenvalue weighted by atomic mass is 10.1. The summed E-state index contributed by atoms with van der Waals surface area (Å²) in [6.07, 6.45) is 0.437. The van der Waals surface area contributed by atoms with Crippen LogP contribution in [-0.4, -0.2) is 65.8 Å². The van der Waals surface area contributed by atoms with Crippen molar-refractivity contribution in [3.63, 3.8) is 0 Å². The monoisotopic (exact) mass is 371 g/mol. The molecule has 1 saturated heterocycles. The van der Waals surface area contributed by atoms with E-state index in [2.05, 4.69) is 0 Å². The van der Waals surface area contributed by atoms with Gasteiger partial charge >= 0.3 is 5.97 Å². The molecule has 1 N–H and O–H groups in total. The molecule has 0 bridgehead atoms. The number of hydrogen-bond donors (Lipinski definition) is 1. The van der Waals surface area contributed by atoms with E-state index >= 15 is 0 Å². The summed E-state index contributed by atoms with van der Waals surface area (Å²) in [5.74, 6) is -0.923. The minimum absolute atomic E-state index is 0.0829. The van der Waals surface area contributed by atoms with Gasteiger partial charge in [-0.2, -0.15) is 4.31 Å². The average molecular weight is 371 g/mol. The Morgan fingerprint density at radius 2 is 1.92 bits per heavy atom. The number of piperazine rings is 1. The third-order valence-electron chi connectivity index (χ3n) is 4.39. The van der Waals surface area contributed by atoms with Crippen molar-refractivity contribution < 1.29 is 23.2 Å². The van der Waals surface area contributed by atoms with Gasteiger partial charge in [-0.25, -0.2) is 8.42 Å². The highest BCUT2D eigenvalue weighted by Crippen LogP contribution is 2.26. The fraction of sp³-hybridized carbons (Fsp3) is 0.533. The van der Waals surface area contributed by atoms with E-state index < -0.39 is 27.0 Å². The number of carboxylic acid groups (broad SMARTS) is 1.